The van der Waals surface area contributed by atoms with Crippen molar-refractivity contribution < 1.29 is 4.74 Å². The number of likely N-dealkylation sites (tertiary alicyclic amines) is 1. The Kier molecular flexibility index (Phi) is 6.50. The first kappa shape index (κ1) is 16.8. The smallest absolute Gasteiger partial charge is 0.127 e. The maximum Gasteiger partial charge on any atom is 0.127 e. The Morgan fingerprint density at radius 2 is 1.54 bits per heavy atom. The summed E-state index contributed by atoms with van der Waals surface area (Å²) in [6, 6.07) is 20.8. The third-order valence-corrected chi connectivity index (χ3v) is 4.48. The summed E-state index contributed by atoms with van der Waals surface area (Å²) < 4.78 is 6.14. The molecule has 0 amide bonds. The van der Waals surface area contributed by atoms with E-state index in [1.807, 2.05) is 12.1 Å². The molecule has 2 nitrogen and oxygen atoms in total. The molecule has 0 unspecified atom stereocenters. The molecule has 0 N–H and O–H groups in total. The molecule has 2 aromatic carbocycles. The number of benzene rings is 2. The third kappa shape index (κ3) is 5.24. The van der Waals surface area contributed by atoms with Crippen molar-refractivity contribution in [2.75, 3.05) is 26.2 Å². The summed E-state index contributed by atoms with van der Waals surface area (Å²) in [5, 5.41) is 0. The molecule has 0 radical (unpaired) electrons. The highest BCUT2D eigenvalue weighted by Crippen LogP contribution is 2.20. The van der Waals surface area contributed by atoms with E-state index in [1.165, 1.54) is 44.5 Å². The van der Waals surface area contributed by atoms with Crippen molar-refractivity contribution in [3.8, 4) is 0 Å². The summed E-state index contributed by atoms with van der Waals surface area (Å²) in [7, 11) is 0. The van der Waals surface area contributed by atoms with Crippen LogP contribution in [0.25, 0.3) is 11.8 Å². The molecule has 1 heterocycles. The highest BCUT2D eigenvalue weighted by Gasteiger charge is 2.10. The lowest BCUT2D eigenvalue weighted by Gasteiger charge is -2.15. The topological polar surface area (TPSA) is 12.5 Å². The van der Waals surface area contributed by atoms with Crippen LogP contribution in [-0.2, 0) is 4.74 Å². The van der Waals surface area contributed by atoms with Gasteiger partial charge in [0.05, 0.1) is 6.61 Å². The molecule has 1 aliphatic heterocycles. The van der Waals surface area contributed by atoms with Gasteiger partial charge in [0.15, 0.2) is 0 Å². The van der Waals surface area contributed by atoms with Crippen molar-refractivity contribution in [3.05, 3.63) is 71.8 Å². The Hall–Kier alpha value is -2.06. The van der Waals surface area contributed by atoms with Crippen LogP contribution >= 0.6 is 0 Å². The number of unbranched alkanes of at least 4 members (excludes halogenated alkanes) is 1. The number of hydrogen-bond donors (Lipinski definition) is 0. The average Bonchev–Trinajstić information content (AvgIpc) is 3.15. The van der Waals surface area contributed by atoms with Crippen molar-refractivity contribution in [2.45, 2.75) is 25.7 Å². The molecule has 0 saturated carbocycles. The Labute approximate surface area is 145 Å². The van der Waals surface area contributed by atoms with Gasteiger partial charge in [-0.2, -0.15) is 0 Å². The van der Waals surface area contributed by atoms with Crippen LogP contribution in [0.4, 0.5) is 0 Å². The zero-order valence-corrected chi connectivity index (χ0v) is 14.4. The number of hydrogen-bond acceptors (Lipinski definition) is 2. The fraction of sp³-hybridized carbons (Fsp3) is 0.364. The second kappa shape index (κ2) is 9.29. The summed E-state index contributed by atoms with van der Waals surface area (Å²) >= 11 is 0. The Bertz CT molecular complexity index is 615. The molecule has 1 saturated heterocycles. The minimum Gasteiger partial charge on any atom is -0.493 e. The fourth-order valence-corrected chi connectivity index (χ4v) is 3.14. The normalized spacial score (nSPS) is 15.6. The summed E-state index contributed by atoms with van der Waals surface area (Å²) in [6.45, 7) is 4.56. The lowest BCUT2D eigenvalue weighted by Crippen LogP contribution is -2.20. The predicted molar refractivity (Wildman–Crippen MR) is 102 cm³/mol. The summed E-state index contributed by atoms with van der Waals surface area (Å²) in [5.41, 5.74) is 2.31. The van der Waals surface area contributed by atoms with E-state index in [0.717, 1.165) is 24.4 Å². The largest absolute Gasteiger partial charge is 0.493 e. The van der Waals surface area contributed by atoms with Gasteiger partial charge in [-0.1, -0.05) is 60.7 Å². The SMILES string of the molecule is C(=C(OCCCCN1CCCC1)c1ccccc1)c1ccccc1. The lowest BCUT2D eigenvalue weighted by molar-refractivity contribution is 0.254. The highest BCUT2D eigenvalue weighted by atomic mass is 16.5. The zero-order valence-electron chi connectivity index (χ0n) is 14.4. The van der Waals surface area contributed by atoms with Gasteiger partial charge in [-0.3, -0.25) is 0 Å². The quantitative estimate of drug-likeness (QED) is 0.382. The molecule has 3 rings (SSSR count). The maximum absolute atomic E-state index is 6.14. The minimum absolute atomic E-state index is 0.779. The van der Waals surface area contributed by atoms with Gasteiger partial charge in [0.1, 0.15) is 5.76 Å². The van der Waals surface area contributed by atoms with E-state index in [9.17, 15) is 0 Å². The Morgan fingerprint density at radius 1 is 0.875 bits per heavy atom. The maximum atomic E-state index is 6.14. The molecule has 1 aliphatic rings. The van der Waals surface area contributed by atoms with Crippen LogP contribution in [0.5, 0.6) is 0 Å². The molecular formula is C22H27NO. The molecule has 24 heavy (non-hydrogen) atoms. The highest BCUT2D eigenvalue weighted by molar-refractivity contribution is 5.77. The van der Waals surface area contributed by atoms with Crippen molar-refractivity contribution >= 4 is 11.8 Å². The second-order valence-corrected chi connectivity index (χ2v) is 6.39. The van der Waals surface area contributed by atoms with Gasteiger partial charge in [-0.25, -0.2) is 0 Å². The summed E-state index contributed by atoms with van der Waals surface area (Å²) in [6.07, 6.45) is 7.20. The lowest BCUT2D eigenvalue weighted by atomic mass is 10.1. The fourth-order valence-electron chi connectivity index (χ4n) is 3.14. The van der Waals surface area contributed by atoms with E-state index < -0.39 is 0 Å². The van der Waals surface area contributed by atoms with E-state index in [1.54, 1.807) is 0 Å². The van der Waals surface area contributed by atoms with E-state index in [4.69, 9.17) is 4.74 Å². The van der Waals surface area contributed by atoms with Crippen molar-refractivity contribution in [3.63, 3.8) is 0 Å². The molecule has 0 aliphatic carbocycles. The Morgan fingerprint density at radius 3 is 2.25 bits per heavy atom. The monoisotopic (exact) mass is 321 g/mol. The Balaban J connectivity index is 1.55. The molecule has 2 aromatic rings. The number of ether oxygens (including phenoxy) is 1. The van der Waals surface area contributed by atoms with Crippen LogP contribution in [0.1, 0.15) is 36.8 Å². The van der Waals surface area contributed by atoms with Gasteiger partial charge in [-0.15, -0.1) is 0 Å². The first-order valence-electron chi connectivity index (χ1n) is 9.09. The predicted octanol–water partition coefficient (Wildman–Crippen LogP) is 5.08. The molecule has 0 atom stereocenters. The van der Waals surface area contributed by atoms with Crippen LogP contribution in [0.2, 0.25) is 0 Å². The first-order valence-corrected chi connectivity index (χ1v) is 9.09. The van der Waals surface area contributed by atoms with Crippen molar-refractivity contribution in [1.29, 1.82) is 0 Å². The summed E-state index contributed by atoms with van der Waals surface area (Å²) in [5.74, 6) is 0.961. The molecule has 0 spiro atoms. The van der Waals surface area contributed by atoms with Gasteiger partial charge in [0.25, 0.3) is 0 Å². The van der Waals surface area contributed by atoms with E-state index >= 15 is 0 Å². The van der Waals surface area contributed by atoms with Crippen molar-refractivity contribution in [1.82, 2.24) is 4.90 Å². The standard InChI is InChI=1S/C22H27NO/c1-3-11-20(12-4-1)19-22(21-13-5-2-6-14-21)24-18-10-9-17-23-15-7-8-16-23/h1-6,11-14,19H,7-10,15-18H2. The minimum atomic E-state index is 0.779. The van der Waals surface area contributed by atoms with Gasteiger partial charge in [0.2, 0.25) is 0 Å². The van der Waals surface area contributed by atoms with Crippen LogP contribution in [0.3, 0.4) is 0 Å². The number of nitrogens with zero attached hydrogens (tertiary/aromatic N) is 1. The van der Waals surface area contributed by atoms with Crippen LogP contribution in [0, 0.1) is 0 Å². The van der Waals surface area contributed by atoms with Gasteiger partial charge >= 0.3 is 0 Å². The van der Waals surface area contributed by atoms with E-state index in [0.29, 0.717) is 0 Å². The summed E-state index contributed by atoms with van der Waals surface area (Å²) in [4.78, 5) is 2.57. The van der Waals surface area contributed by atoms with Crippen LogP contribution in [0.15, 0.2) is 60.7 Å². The molecule has 2 heteroatoms. The first-order chi connectivity index (χ1) is 11.9. The average molecular weight is 321 g/mol. The van der Waals surface area contributed by atoms with Crippen molar-refractivity contribution in [2.24, 2.45) is 0 Å². The van der Waals surface area contributed by atoms with Crippen LogP contribution in [-0.4, -0.2) is 31.1 Å². The van der Waals surface area contributed by atoms with Gasteiger partial charge in [0, 0.05) is 5.56 Å². The van der Waals surface area contributed by atoms with E-state index in [-0.39, 0.29) is 0 Å². The second-order valence-electron chi connectivity index (χ2n) is 6.39. The van der Waals surface area contributed by atoms with Gasteiger partial charge < -0.3 is 9.64 Å². The molecule has 126 valence electrons. The van der Waals surface area contributed by atoms with Crippen LogP contribution < -0.4 is 0 Å². The molecular weight excluding hydrogens is 294 g/mol. The van der Waals surface area contributed by atoms with E-state index in [2.05, 4.69) is 59.5 Å². The third-order valence-electron chi connectivity index (χ3n) is 4.48. The number of rotatable bonds is 8. The molecule has 0 aromatic heterocycles. The zero-order chi connectivity index (χ0) is 16.5. The molecule has 1 fully saturated rings. The van der Waals surface area contributed by atoms with Gasteiger partial charge in [-0.05, 0) is 57.0 Å². The molecule has 0 bridgehead atoms.